The number of hydrogen-bond acceptors (Lipinski definition) is 4. The van der Waals surface area contributed by atoms with Crippen LogP contribution in [0.5, 0.6) is 0 Å². The summed E-state index contributed by atoms with van der Waals surface area (Å²) in [5.74, 6) is 0.367. The first-order chi connectivity index (χ1) is 10.6. The molecular weight excluding hydrogens is 281 g/mol. The number of halogens is 1. The Labute approximate surface area is 127 Å². The van der Waals surface area contributed by atoms with Gasteiger partial charge in [0.05, 0.1) is 17.6 Å². The summed E-state index contributed by atoms with van der Waals surface area (Å²) in [6.07, 6.45) is 3.66. The zero-order valence-electron chi connectivity index (χ0n) is 12.4. The Hall–Kier alpha value is -2.76. The second kappa shape index (κ2) is 5.93. The summed E-state index contributed by atoms with van der Waals surface area (Å²) in [5, 5.41) is 15.7. The van der Waals surface area contributed by atoms with Crippen molar-refractivity contribution in [3.63, 3.8) is 0 Å². The van der Waals surface area contributed by atoms with Gasteiger partial charge in [-0.1, -0.05) is 0 Å². The van der Waals surface area contributed by atoms with E-state index in [4.69, 9.17) is 0 Å². The van der Waals surface area contributed by atoms with Gasteiger partial charge in [-0.05, 0) is 50.2 Å². The van der Waals surface area contributed by atoms with Crippen LogP contribution in [0, 0.1) is 5.82 Å². The van der Waals surface area contributed by atoms with Crippen molar-refractivity contribution in [1.29, 1.82) is 0 Å². The number of nitrogens with zero attached hydrogens (tertiary/aromatic N) is 4. The smallest absolute Gasteiger partial charge is 0.153 e. The lowest BCUT2D eigenvalue weighted by Gasteiger charge is -2.05. The molecule has 0 amide bonds. The molecule has 1 N–H and O–H groups in total. The van der Waals surface area contributed by atoms with E-state index in [9.17, 15) is 4.39 Å². The first kappa shape index (κ1) is 14.2. The van der Waals surface area contributed by atoms with Gasteiger partial charge in [0.15, 0.2) is 5.82 Å². The van der Waals surface area contributed by atoms with Crippen LogP contribution >= 0.6 is 0 Å². The maximum atomic E-state index is 12.9. The van der Waals surface area contributed by atoms with E-state index < -0.39 is 0 Å². The van der Waals surface area contributed by atoms with Gasteiger partial charge in [-0.15, -0.1) is 10.2 Å². The average molecular weight is 297 g/mol. The van der Waals surface area contributed by atoms with E-state index in [0.29, 0.717) is 17.6 Å². The predicted octanol–water partition coefficient (Wildman–Crippen LogP) is 3.80. The van der Waals surface area contributed by atoms with Gasteiger partial charge in [0.1, 0.15) is 5.82 Å². The molecular formula is C16H16FN5. The zero-order chi connectivity index (χ0) is 15.5. The Balaban J connectivity index is 1.74. The van der Waals surface area contributed by atoms with Gasteiger partial charge >= 0.3 is 0 Å². The van der Waals surface area contributed by atoms with Gasteiger partial charge in [-0.2, -0.15) is 5.10 Å². The van der Waals surface area contributed by atoms with E-state index in [0.717, 1.165) is 11.3 Å². The van der Waals surface area contributed by atoms with Crippen LogP contribution in [0.2, 0.25) is 0 Å². The largest absolute Gasteiger partial charge is 0.336 e. The van der Waals surface area contributed by atoms with E-state index in [1.54, 1.807) is 18.3 Å². The minimum absolute atomic E-state index is 0.267. The van der Waals surface area contributed by atoms with Gasteiger partial charge in [-0.25, -0.2) is 4.39 Å². The third kappa shape index (κ3) is 3.11. The number of hydrogen-bond donors (Lipinski definition) is 1. The number of rotatable bonds is 4. The molecule has 22 heavy (non-hydrogen) atoms. The molecule has 0 bridgehead atoms. The number of nitrogens with one attached hydrogen (secondary N) is 1. The maximum absolute atomic E-state index is 12.9. The lowest BCUT2D eigenvalue weighted by molar-refractivity contribution is 0.532. The van der Waals surface area contributed by atoms with Crippen molar-refractivity contribution in [2.24, 2.45) is 0 Å². The van der Waals surface area contributed by atoms with Crippen LogP contribution in [-0.4, -0.2) is 20.0 Å². The van der Waals surface area contributed by atoms with Gasteiger partial charge in [0.25, 0.3) is 0 Å². The Bertz CT molecular complexity index is 747. The number of anilines is 2. The molecule has 0 aliphatic carbocycles. The molecule has 0 aliphatic rings. The molecule has 0 atom stereocenters. The van der Waals surface area contributed by atoms with Crippen molar-refractivity contribution in [1.82, 2.24) is 20.0 Å². The van der Waals surface area contributed by atoms with E-state index >= 15 is 0 Å². The SMILES string of the molecule is CC(C)n1cc(Nc2ccc(-c3ccc(F)cc3)nn2)cn1. The summed E-state index contributed by atoms with van der Waals surface area (Å²) in [6.45, 7) is 4.13. The summed E-state index contributed by atoms with van der Waals surface area (Å²) in [6, 6.07) is 10.2. The van der Waals surface area contributed by atoms with Crippen LogP contribution in [0.4, 0.5) is 15.9 Å². The van der Waals surface area contributed by atoms with Crippen LogP contribution < -0.4 is 5.32 Å². The third-order valence-corrected chi connectivity index (χ3v) is 3.21. The predicted molar refractivity (Wildman–Crippen MR) is 83.3 cm³/mol. The quantitative estimate of drug-likeness (QED) is 0.795. The highest BCUT2D eigenvalue weighted by molar-refractivity contribution is 5.61. The molecule has 2 aromatic heterocycles. The normalized spacial score (nSPS) is 10.9. The molecule has 0 unspecified atom stereocenters. The molecule has 0 radical (unpaired) electrons. The molecule has 0 saturated heterocycles. The molecule has 1 aromatic carbocycles. The second-order valence-electron chi connectivity index (χ2n) is 5.24. The van der Waals surface area contributed by atoms with Gasteiger partial charge in [0, 0.05) is 17.8 Å². The standard InChI is InChI=1S/C16H16FN5/c1-11(2)22-10-14(9-18-22)19-16-8-7-15(20-21-16)12-3-5-13(17)6-4-12/h3-11H,1-2H3,(H,19,21). The summed E-state index contributed by atoms with van der Waals surface area (Å²) < 4.78 is 14.8. The Morgan fingerprint density at radius 3 is 2.41 bits per heavy atom. The van der Waals surface area contributed by atoms with E-state index in [2.05, 4.69) is 34.5 Å². The molecule has 3 aromatic rings. The molecule has 5 nitrogen and oxygen atoms in total. The van der Waals surface area contributed by atoms with Gasteiger partial charge < -0.3 is 5.32 Å². The van der Waals surface area contributed by atoms with Crippen LogP contribution in [0.25, 0.3) is 11.3 Å². The van der Waals surface area contributed by atoms with Crippen molar-refractivity contribution < 1.29 is 4.39 Å². The van der Waals surface area contributed by atoms with Crippen molar-refractivity contribution in [3.05, 3.63) is 54.6 Å². The first-order valence-electron chi connectivity index (χ1n) is 7.02. The average Bonchev–Trinajstić information content (AvgIpc) is 2.98. The zero-order valence-corrected chi connectivity index (χ0v) is 12.4. The van der Waals surface area contributed by atoms with Crippen LogP contribution in [0.15, 0.2) is 48.8 Å². The van der Waals surface area contributed by atoms with Gasteiger partial charge in [-0.3, -0.25) is 4.68 Å². The molecule has 0 fully saturated rings. The summed E-state index contributed by atoms with van der Waals surface area (Å²) in [5.41, 5.74) is 2.38. The van der Waals surface area contributed by atoms with Crippen molar-refractivity contribution >= 4 is 11.5 Å². The number of aromatic nitrogens is 4. The number of benzene rings is 1. The monoisotopic (exact) mass is 297 g/mol. The highest BCUT2D eigenvalue weighted by atomic mass is 19.1. The maximum Gasteiger partial charge on any atom is 0.153 e. The van der Waals surface area contributed by atoms with Crippen LogP contribution in [0.1, 0.15) is 19.9 Å². The molecule has 112 valence electrons. The first-order valence-corrected chi connectivity index (χ1v) is 7.02. The molecule has 2 heterocycles. The van der Waals surface area contributed by atoms with Crippen molar-refractivity contribution in [3.8, 4) is 11.3 Å². The second-order valence-corrected chi connectivity index (χ2v) is 5.24. The van der Waals surface area contributed by atoms with Gasteiger partial charge in [0.2, 0.25) is 0 Å². The molecule has 0 saturated carbocycles. The summed E-state index contributed by atoms with van der Waals surface area (Å²) >= 11 is 0. The van der Waals surface area contributed by atoms with Crippen molar-refractivity contribution in [2.45, 2.75) is 19.9 Å². The Kier molecular flexibility index (Phi) is 3.82. The summed E-state index contributed by atoms with van der Waals surface area (Å²) in [4.78, 5) is 0. The highest BCUT2D eigenvalue weighted by Crippen LogP contribution is 2.19. The Morgan fingerprint density at radius 2 is 1.82 bits per heavy atom. The molecule has 0 aliphatic heterocycles. The van der Waals surface area contributed by atoms with E-state index in [1.165, 1.54) is 12.1 Å². The fraction of sp³-hybridized carbons (Fsp3) is 0.188. The Morgan fingerprint density at radius 1 is 1.05 bits per heavy atom. The highest BCUT2D eigenvalue weighted by Gasteiger charge is 2.04. The minimum Gasteiger partial charge on any atom is -0.336 e. The molecule has 3 rings (SSSR count). The fourth-order valence-corrected chi connectivity index (χ4v) is 2.01. The molecule has 0 spiro atoms. The lowest BCUT2D eigenvalue weighted by atomic mass is 10.1. The van der Waals surface area contributed by atoms with Crippen molar-refractivity contribution in [2.75, 3.05) is 5.32 Å². The molecule has 6 heteroatoms. The van der Waals surface area contributed by atoms with Crippen LogP contribution in [-0.2, 0) is 0 Å². The summed E-state index contributed by atoms with van der Waals surface area (Å²) in [7, 11) is 0. The lowest BCUT2D eigenvalue weighted by Crippen LogP contribution is -2.00. The van der Waals surface area contributed by atoms with E-state index in [-0.39, 0.29) is 5.82 Å². The van der Waals surface area contributed by atoms with E-state index in [1.807, 2.05) is 23.0 Å². The van der Waals surface area contributed by atoms with Crippen LogP contribution in [0.3, 0.4) is 0 Å². The third-order valence-electron chi connectivity index (χ3n) is 3.21. The topological polar surface area (TPSA) is 55.6 Å². The fourth-order valence-electron chi connectivity index (χ4n) is 2.01. The minimum atomic E-state index is -0.267.